The minimum Gasteiger partial charge on any atom is -1.00 e. The Kier molecular flexibility index (Phi) is 17.7. The van der Waals surface area contributed by atoms with Crippen molar-refractivity contribution in [1.82, 2.24) is 4.48 Å². The predicted molar refractivity (Wildman–Crippen MR) is 125 cm³/mol. The third-order valence-electron chi connectivity index (χ3n) is 5.23. The molecule has 0 saturated heterocycles. The molecular weight excluding hydrogens is 504 g/mol. The molecule has 30 heavy (non-hydrogen) atoms. The van der Waals surface area contributed by atoms with Crippen molar-refractivity contribution in [3.8, 4) is 5.75 Å². The van der Waals surface area contributed by atoms with Gasteiger partial charge in [0, 0.05) is 11.6 Å². The van der Waals surface area contributed by atoms with E-state index < -0.39 is 0 Å². The second kappa shape index (κ2) is 16.5. The van der Waals surface area contributed by atoms with E-state index in [1.807, 2.05) is 0 Å². The van der Waals surface area contributed by atoms with Gasteiger partial charge in [-0.15, -0.1) is 0 Å². The van der Waals surface area contributed by atoms with Crippen molar-refractivity contribution in [2.45, 2.75) is 77.7 Å². The molecule has 0 atom stereocenters. The van der Waals surface area contributed by atoms with Crippen molar-refractivity contribution in [3.05, 3.63) is 23.8 Å². The third-order valence-corrected chi connectivity index (χ3v) is 5.23. The van der Waals surface area contributed by atoms with Crippen LogP contribution >= 0.6 is 0 Å². The monoisotopic (exact) mass is 550 g/mol. The lowest BCUT2D eigenvalue weighted by molar-refractivity contribution is -0.884. The van der Waals surface area contributed by atoms with Gasteiger partial charge in [-0.2, -0.15) is 0 Å². The molecule has 0 unspecified atom stereocenters. The Labute approximate surface area is 208 Å². The fourth-order valence-corrected chi connectivity index (χ4v) is 3.51. The van der Waals surface area contributed by atoms with Gasteiger partial charge in [0.15, 0.2) is 0 Å². The number of benzene rings is 1. The first-order valence-electron chi connectivity index (χ1n) is 11.5. The average molecular weight is 552 g/mol. The van der Waals surface area contributed by atoms with E-state index in [-0.39, 0.29) is 34.0 Å². The van der Waals surface area contributed by atoms with E-state index in [1.54, 1.807) is 0 Å². The lowest BCUT2D eigenvalue weighted by Gasteiger charge is -2.27. The van der Waals surface area contributed by atoms with Crippen LogP contribution in [-0.4, -0.2) is 53.4 Å². The molecule has 0 bridgehead atoms. The smallest absolute Gasteiger partial charge is 0.135 e. The molecule has 0 aliphatic rings. The van der Waals surface area contributed by atoms with E-state index in [0.717, 1.165) is 34.3 Å². The number of quaternary nitrogens is 2. The lowest BCUT2D eigenvalue weighted by Crippen LogP contribution is -3.00. The van der Waals surface area contributed by atoms with Gasteiger partial charge in [0.25, 0.3) is 0 Å². The molecular formula is C25H48Br2N2O. The Morgan fingerprint density at radius 2 is 1.20 bits per heavy atom. The van der Waals surface area contributed by atoms with Crippen molar-refractivity contribution < 1.29 is 43.2 Å². The molecule has 0 fully saturated rings. The van der Waals surface area contributed by atoms with Crippen molar-refractivity contribution >= 4 is 5.69 Å². The van der Waals surface area contributed by atoms with Crippen LogP contribution in [-0.2, 0) is 6.54 Å². The number of unbranched alkanes of at least 4 members (excludes halogenated alkanes) is 9. The zero-order valence-electron chi connectivity index (χ0n) is 20.8. The molecule has 5 heteroatoms. The minimum atomic E-state index is 0. The Balaban J connectivity index is 0. The van der Waals surface area contributed by atoms with Crippen LogP contribution in [0.1, 0.15) is 76.7 Å². The van der Waals surface area contributed by atoms with Crippen molar-refractivity contribution in [2.24, 2.45) is 0 Å². The van der Waals surface area contributed by atoms with Gasteiger partial charge in [-0.25, -0.2) is 0 Å². The molecule has 3 nitrogen and oxygen atoms in total. The van der Waals surface area contributed by atoms with Crippen molar-refractivity contribution in [1.29, 1.82) is 0 Å². The van der Waals surface area contributed by atoms with Gasteiger partial charge in [-0.1, -0.05) is 64.7 Å². The largest absolute Gasteiger partial charge is 1.00 e. The van der Waals surface area contributed by atoms with Gasteiger partial charge in [0.1, 0.15) is 18.0 Å². The summed E-state index contributed by atoms with van der Waals surface area (Å²) in [5, 5.41) is 0. The number of hydrogen-bond donors (Lipinski definition) is 0. The van der Waals surface area contributed by atoms with Crippen LogP contribution in [0.5, 0.6) is 5.75 Å². The fraction of sp³-hybridized carbons (Fsp3) is 0.760. The summed E-state index contributed by atoms with van der Waals surface area (Å²) in [7, 11) is 13.3. The summed E-state index contributed by atoms with van der Waals surface area (Å²) in [6, 6.07) is 6.76. The summed E-state index contributed by atoms with van der Waals surface area (Å²) in [6.45, 7) is 4.11. The number of hydrogen-bond acceptors (Lipinski definition) is 1. The number of rotatable bonds is 15. The van der Waals surface area contributed by atoms with Crippen LogP contribution in [0.15, 0.2) is 18.2 Å². The summed E-state index contributed by atoms with van der Waals surface area (Å²) in [5.74, 6) is 1.08. The highest BCUT2D eigenvalue weighted by atomic mass is 79.9. The highest BCUT2D eigenvalue weighted by molar-refractivity contribution is 5.50. The van der Waals surface area contributed by atoms with Crippen molar-refractivity contribution in [2.75, 3.05) is 48.9 Å². The van der Waals surface area contributed by atoms with E-state index in [0.29, 0.717) is 0 Å². The van der Waals surface area contributed by atoms with Crippen LogP contribution < -0.4 is 43.2 Å². The van der Waals surface area contributed by atoms with Crippen molar-refractivity contribution in [3.63, 3.8) is 0 Å². The summed E-state index contributed by atoms with van der Waals surface area (Å²) in [6.07, 6.45) is 13.6. The van der Waals surface area contributed by atoms with Crippen LogP contribution in [0, 0.1) is 0 Å². The summed E-state index contributed by atoms with van der Waals surface area (Å²) in [5.41, 5.74) is 2.61. The molecule has 0 N–H and O–H groups in total. The van der Waals surface area contributed by atoms with Gasteiger partial charge in [0.05, 0.1) is 48.9 Å². The number of ether oxygens (including phenoxy) is 1. The quantitative estimate of drug-likeness (QED) is 0.226. The third kappa shape index (κ3) is 14.8. The van der Waals surface area contributed by atoms with Gasteiger partial charge in [-0.05, 0) is 18.6 Å². The summed E-state index contributed by atoms with van der Waals surface area (Å²) in [4.78, 5) is 0. The molecule has 1 aromatic rings. The maximum absolute atomic E-state index is 6.27. The molecule has 0 saturated carbocycles. The van der Waals surface area contributed by atoms with E-state index in [2.05, 4.69) is 67.4 Å². The van der Waals surface area contributed by atoms with Crippen LogP contribution in [0.4, 0.5) is 5.69 Å². The molecule has 0 aromatic heterocycles. The number of halogens is 2. The molecule has 1 aromatic carbocycles. The molecule has 178 valence electrons. The maximum Gasteiger partial charge on any atom is 0.135 e. The van der Waals surface area contributed by atoms with E-state index >= 15 is 0 Å². The minimum absolute atomic E-state index is 0. The zero-order valence-corrected chi connectivity index (χ0v) is 23.9. The predicted octanol–water partition coefficient (Wildman–Crippen LogP) is 0.397. The van der Waals surface area contributed by atoms with Gasteiger partial charge in [-0.3, -0.25) is 4.48 Å². The first-order valence-corrected chi connectivity index (χ1v) is 11.5. The van der Waals surface area contributed by atoms with Gasteiger partial charge >= 0.3 is 0 Å². The molecule has 0 aliphatic heterocycles. The average Bonchev–Trinajstić information content (AvgIpc) is 2.58. The molecule has 0 aliphatic carbocycles. The highest BCUT2D eigenvalue weighted by Gasteiger charge is 2.19. The maximum atomic E-state index is 6.27. The normalized spacial score (nSPS) is 11.6. The Hall–Kier alpha value is -0.100. The molecule has 0 spiro atoms. The van der Waals surface area contributed by atoms with Gasteiger partial charge < -0.3 is 43.2 Å². The zero-order chi connectivity index (χ0) is 21.0. The second-order valence-electron chi connectivity index (χ2n) is 10.3. The fourth-order valence-electron chi connectivity index (χ4n) is 3.51. The molecule has 0 heterocycles. The topological polar surface area (TPSA) is 9.23 Å². The van der Waals surface area contributed by atoms with E-state index in [1.165, 1.54) is 69.0 Å². The Morgan fingerprint density at radius 1 is 0.700 bits per heavy atom. The standard InChI is InChI=1S/C25H48N2O.2BrH/c1-8-9-10-11-12-13-14-15-16-17-20-28-25-21-24(27(5,6)7)19-18-23(25)22-26(2,3)4;;/h18-19,21H,8-17,20,22H2,1-7H3;2*1H/q+2;;/p-2. The molecule has 0 radical (unpaired) electrons. The molecule has 1 rings (SSSR count). The van der Waals surface area contributed by atoms with Gasteiger partial charge in [0.2, 0.25) is 0 Å². The lowest BCUT2D eigenvalue weighted by atomic mass is 10.1. The highest BCUT2D eigenvalue weighted by Crippen LogP contribution is 2.29. The first-order chi connectivity index (χ1) is 13.1. The van der Waals surface area contributed by atoms with E-state index in [4.69, 9.17) is 4.74 Å². The number of nitrogens with zero attached hydrogens (tertiary/aromatic N) is 2. The van der Waals surface area contributed by atoms with Crippen LogP contribution in [0.2, 0.25) is 0 Å². The van der Waals surface area contributed by atoms with E-state index in [9.17, 15) is 0 Å². The van der Waals surface area contributed by atoms with Crippen LogP contribution in [0.3, 0.4) is 0 Å². The Bertz CT molecular complexity index is 551. The Morgan fingerprint density at radius 3 is 1.67 bits per heavy atom. The summed E-state index contributed by atoms with van der Waals surface area (Å²) >= 11 is 0. The SMILES string of the molecule is CCCCCCCCCCCCOc1cc([N+](C)(C)C)ccc1C[N+](C)(C)C.[Br-].[Br-]. The molecule has 0 amide bonds. The summed E-state index contributed by atoms with van der Waals surface area (Å²) < 4.78 is 8.00. The van der Waals surface area contributed by atoms with Crippen LogP contribution in [0.25, 0.3) is 0 Å². The first kappa shape index (κ1) is 32.1. The second-order valence-corrected chi connectivity index (χ2v) is 10.3.